The van der Waals surface area contributed by atoms with Gasteiger partial charge in [-0.2, -0.15) is 0 Å². The molecule has 0 amide bonds. The van der Waals surface area contributed by atoms with Crippen LogP contribution in [0.3, 0.4) is 0 Å². The van der Waals surface area contributed by atoms with E-state index in [-0.39, 0.29) is 5.82 Å². The summed E-state index contributed by atoms with van der Waals surface area (Å²) in [6.07, 6.45) is 5.04. The molecule has 0 radical (unpaired) electrons. The van der Waals surface area contributed by atoms with Gasteiger partial charge in [-0.15, -0.1) is 0 Å². The van der Waals surface area contributed by atoms with Gasteiger partial charge in [0, 0.05) is 6.04 Å². The van der Waals surface area contributed by atoms with E-state index in [1.807, 2.05) is 13.0 Å². The maximum atomic E-state index is 13.9. The minimum atomic E-state index is -0.0540. The molecule has 0 aromatic heterocycles. The summed E-state index contributed by atoms with van der Waals surface area (Å²) in [6, 6.07) is 6.38. The van der Waals surface area contributed by atoms with Gasteiger partial charge in [0.1, 0.15) is 5.82 Å². The predicted octanol–water partition coefficient (Wildman–Crippen LogP) is 5.04. The van der Waals surface area contributed by atoms with Gasteiger partial charge in [0.25, 0.3) is 0 Å². The lowest BCUT2D eigenvalue weighted by Crippen LogP contribution is -2.35. The van der Waals surface area contributed by atoms with Crippen LogP contribution in [0.15, 0.2) is 18.2 Å². The second-order valence-corrected chi connectivity index (χ2v) is 7.03. The standard InChI is InChI=1S/C19H30FN/c1-5-15-7-9-17(12-21-13(2)3)18(10-15)16-8-6-14(4)19(20)11-16/h6,8,11,13,15,17-18,21H,5,7,9-10,12H2,1-4H3. The van der Waals surface area contributed by atoms with Gasteiger partial charge in [0.15, 0.2) is 0 Å². The summed E-state index contributed by atoms with van der Waals surface area (Å²) >= 11 is 0. The maximum Gasteiger partial charge on any atom is 0.126 e. The molecular weight excluding hydrogens is 261 g/mol. The Morgan fingerprint density at radius 3 is 2.67 bits per heavy atom. The zero-order chi connectivity index (χ0) is 15.4. The van der Waals surface area contributed by atoms with Crippen molar-refractivity contribution in [2.24, 2.45) is 11.8 Å². The quantitative estimate of drug-likeness (QED) is 0.801. The Kier molecular flexibility index (Phi) is 5.80. The van der Waals surface area contributed by atoms with Crippen LogP contribution in [-0.2, 0) is 0 Å². The molecule has 1 aromatic rings. The zero-order valence-corrected chi connectivity index (χ0v) is 14.0. The molecule has 1 nitrogen and oxygen atoms in total. The molecule has 3 unspecified atom stereocenters. The van der Waals surface area contributed by atoms with Crippen molar-refractivity contribution < 1.29 is 4.39 Å². The van der Waals surface area contributed by atoms with Crippen LogP contribution >= 0.6 is 0 Å². The summed E-state index contributed by atoms with van der Waals surface area (Å²) in [7, 11) is 0. The highest BCUT2D eigenvalue weighted by Crippen LogP contribution is 2.41. The molecule has 0 heterocycles. The molecule has 1 aliphatic rings. The molecule has 1 aromatic carbocycles. The summed E-state index contributed by atoms with van der Waals surface area (Å²) in [5, 5.41) is 3.58. The van der Waals surface area contributed by atoms with Gasteiger partial charge in [0.2, 0.25) is 0 Å². The van der Waals surface area contributed by atoms with E-state index in [1.54, 1.807) is 6.07 Å². The van der Waals surface area contributed by atoms with Crippen molar-refractivity contribution in [3.05, 3.63) is 35.1 Å². The van der Waals surface area contributed by atoms with E-state index in [0.717, 1.165) is 18.0 Å². The Hall–Kier alpha value is -0.890. The van der Waals surface area contributed by atoms with Gasteiger partial charge in [-0.3, -0.25) is 0 Å². The highest BCUT2D eigenvalue weighted by molar-refractivity contribution is 5.27. The van der Waals surface area contributed by atoms with Gasteiger partial charge < -0.3 is 5.32 Å². The minimum Gasteiger partial charge on any atom is -0.314 e. The van der Waals surface area contributed by atoms with Crippen LogP contribution in [0.1, 0.15) is 63.5 Å². The fraction of sp³-hybridized carbons (Fsp3) is 0.684. The maximum absolute atomic E-state index is 13.9. The number of halogens is 1. The van der Waals surface area contributed by atoms with Crippen molar-refractivity contribution in [3.8, 4) is 0 Å². The molecule has 1 N–H and O–H groups in total. The van der Waals surface area contributed by atoms with Crippen molar-refractivity contribution in [2.45, 2.75) is 65.3 Å². The molecule has 1 aliphatic carbocycles. The minimum absolute atomic E-state index is 0.0540. The van der Waals surface area contributed by atoms with Crippen LogP contribution in [0.25, 0.3) is 0 Å². The van der Waals surface area contributed by atoms with E-state index < -0.39 is 0 Å². The SMILES string of the molecule is CCC1CCC(CNC(C)C)C(c2ccc(C)c(F)c2)C1. The van der Waals surface area contributed by atoms with E-state index in [1.165, 1.54) is 31.2 Å². The fourth-order valence-electron chi connectivity index (χ4n) is 3.57. The summed E-state index contributed by atoms with van der Waals surface area (Å²) in [5.74, 6) is 1.89. The molecule has 21 heavy (non-hydrogen) atoms. The first-order chi connectivity index (χ1) is 10.0. The molecule has 0 saturated heterocycles. The van der Waals surface area contributed by atoms with Crippen molar-refractivity contribution in [1.82, 2.24) is 5.32 Å². The third kappa shape index (κ3) is 4.29. The van der Waals surface area contributed by atoms with Crippen LogP contribution in [0.2, 0.25) is 0 Å². The van der Waals surface area contributed by atoms with Gasteiger partial charge in [-0.25, -0.2) is 4.39 Å². The normalized spacial score (nSPS) is 26.3. The summed E-state index contributed by atoms with van der Waals surface area (Å²) in [6.45, 7) is 9.56. The van der Waals surface area contributed by atoms with E-state index in [2.05, 4.69) is 32.2 Å². The van der Waals surface area contributed by atoms with Crippen LogP contribution in [0.4, 0.5) is 4.39 Å². The summed E-state index contributed by atoms with van der Waals surface area (Å²) in [5.41, 5.74) is 1.95. The number of aryl methyl sites for hydroxylation is 1. The zero-order valence-electron chi connectivity index (χ0n) is 14.0. The van der Waals surface area contributed by atoms with Crippen LogP contribution in [0.5, 0.6) is 0 Å². The Labute approximate surface area is 129 Å². The molecule has 0 spiro atoms. The molecular formula is C19H30FN. The van der Waals surface area contributed by atoms with Crippen LogP contribution in [-0.4, -0.2) is 12.6 Å². The third-order valence-corrected chi connectivity index (χ3v) is 5.09. The van der Waals surface area contributed by atoms with E-state index in [9.17, 15) is 4.39 Å². The molecule has 0 bridgehead atoms. The number of rotatable bonds is 5. The molecule has 1 saturated carbocycles. The van der Waals surface area contributed by atoms with Crippen LogP contribution < -0.4 is 5.32 Å². The highest BCUT2D eigenvalue weighted by atomic mass is 19.1. The molecule has 2 rings (SSSR count). The van der Waals surface area contributed by atoms with Gasteiger partial charge in [-0.1, -0.05) is 45.7 Å². The lowest BCUT2D eigenvalue weighted by atomic mass is 9.70. The average Bonchev–Trinajstić information content (AvgIpc) is 2.47. The van der Waals surface area contributed by atoms with E-state index >= 15 is 0 Å². The largest absolute Gasteiger partial charge is 0.314 e. The third-order valence-electron chi connectivity index (χ3n) is 5.09. The first-order valence-electron chi connectivity index (χ1n) is 8.50. The number of nitrogens with one attached hydrogen (secondary N) is 1. The topological polar surface area (TPSA) is 12.0 Å². The number of hydrogen-bond acceptors (Lipinski definition) is 1. The fourth-order valence-corrected chi connectivity index (χ4v) is 3.57. The first-order valence-corrected chi connectivity index (χ1v) is 8.50. The number of benzene rings is 1. The molecule has 3 atom stereocenters. The Morgan fingerprint density at radius 2 is 2.05 bits per heavy atom. The van der Waals surface area contributed by atoms with Crippen LogP contribution in [0, 0.1) is 24.6 Å². The molecule has 2 heteroatoms. The van der Waals surface area contributed by atoms with Gasteiger partial charge in [0.05, 0.1) is 0 Å². The van der Waals surface area contributed by atoms with E-state index in [0.29, 0.717) is 17.9 Å². The Balaban J connectivity index is 2.17. The monoisotopic (exact) mass is 291 g/mol. The summed E-state index contributed by atoms with van der Waals surface area (Å²) < 4.78 is 13.9. The Morgan fingerprint density at radius 1 is 1.29 bits per heavy atom. The average molecular weight is 291 g/mol. The highest BCUT2D eigenvalue weighted by Gasteiger charge is 2.31. The second-order valence-electron chi connectivity index (χ2n) is 7.03. The molecule has 118 valence electrons. The summed E-state index contributed by atoms with van der Waals surface area (Å²) in [4.78, 5) is 0. The van der Waals surface area contributed by atoms with Crippen molar-refractivity contribution in [1.29, 1.82) is 0 Å². The van der Waals surface area contributed by atoms with Crippen molar-refractivity contribution in [2.75, 3.05) is 6.54 Å². The molecule has 0 aliphatic heterocycles. The van der Waals surface area contributed by atoms with E-state index in [4.69, 9.17) is 0 Å². The van der Waals surface area contributed by atoms with Crippen molar-refractivity contribution >= 4 is 0 Å². The van der Waals surface area contributed by atoms with Gasteiger partial charge in [-0.05, 0) is 61.3 Å². The predicted molar refractivity (Wildman–Crippen MR) is 88.1 cm³/mol. The number of hydrogen-bond donors (Lipinski definition) is 1. The van der Waals surface area contributed by atoms with Crippen molar-refractivity contribution in [3.63, 3.8) is 0 Å². The first kappa shape index (κ1) is 16.5. The molecule has 1 fully saturated rings. The lowest BCUT2D eigenvalue weighted by Gasteiger charge is -2.37. The van der Waals surface area contributed by atoms with Gasteiger partial charge >= 0.3 is 0 Å². The second kappa shape index (κ2) is 7.40. The lowest BCUT2D eigenvalue weighted by molar-refractivity contribution is 0.222. The smallest absolute Gasteiger partial charge is 0.126 e. The Bertz CT molecular complexity index is 455.